The Morgan fingerprint density at radius 2 is 1.58 bits per heavy atom. The van der Waals surface area contributed by atoms with E-state index >= 15 is 0 Å². The lowest BCUT2D eigenvalue weighted by Gasteiger charge is -2.25. The highest BCUT2D eigenvalue weighted by Gasteiger charge is 2.23. The highest BCUT2D eigenvalue weighted by Crippen LogP contribution is 2.25. The number of fused-ring (bicyclic) bond motifs is 2. The van der Waals surface area contributed by atoms with Crippen LogP contribution in [0.2, 0.25) is 0 Å². The van der Waals surface area contributed by atoms with Crippen LogP contribution in [0.1, 0.15) is 17.5 Å². The van der Waals surface area contributed by atoms with Crippen LogP contribution in [0.4, 0.5) is 0 Å². The van der Waals surface area contributed by atoms with E-state index in [0.29, 0.717) is 30.2 Å². The van der Waals surface area contributed by atoms with Gasteiger partial charge in [-0.05, 0) is 60.4 Å². The smallest absolute Gasteiger partial charge is 0.221 e. The number of H-pyrrole nitrogens is 2. The SMILES string of the molecule is O=C(CCI)NC(Cc1c[nH]c2ccc(O)cc12)C(O)NCCc1c[nH]c2ccc(O)cc12. The maximum Gasteiger partial charge on any atom is 0.221 e. The first-order valence-corrected chi connectivity index (χ1v) is 12.3. The number of hydrogen-bond acceptors (Lipinski definition) is 5. The number of aromatic hydroxyl groups is 2. The Morgan fingerprint density at radius 3 is 2.21 bits per heavy atom. The number of aromatic nitrogens is 2. The van der Waals surface area contributed by atoms with Crippen LogP contribution in [0.25, 0.3) is 21.8 Å². The predicted octanol–water partition coefficient (Wildman–Crippen LogP) is 3.06. The van der Waals surface area contributed by atoms with Gasteiger partial charge >= 0.3 is 0 Å². The van der Waals surface area contributed by atoms with Crippen molar-refractivity contribution in [1.29, 1.82) is 0 Å². The van der Waals surface area contributed by atoms with Crippen molar-refractivity contribution in [2.24, 2.45) is 0 Å². The maximum atomic E-state index is 12.3. The molecule has 0 bridgehead atoms. The molecule has 0 aliphatic rings. The molecular weight excluding hydrogens is 535 g/mol. The summed E-state index contributed by atoms with van der Waals surface area (Å²) in [6.45, 7) is 0.483. The molecule has 0 aliphatic carbocycles. The van der Waals surface area contributed by atoms with Crippen LogP contribution in [0.5, 0.6) is 11.5 Å². The van der Waals surface area contributed by atoms with Gasteiger partial charge in [-0.3, -0.25) is 10.1 Å². The molecule has 2 atom stereocenters. The molecule has 4 rings (SSSR count). The average molecular weight is 562 g/mol. The molecule has 1 amide bonds. The van der Waals surface area contributed by atoms with E-state index in [1.165, 1.54) is 0 Å². The van der Waals surface area contributed by atoms with E-state index in [4.69, 9.17) is 0 Å². The number of carbonyl (C=O) groups is 1. The van der Waals surface area contributed by atoms with Crippen molar-refractivity contribution >= 4 is 50.3 Å². The molecule has 0 spiro atoms. The van der Waals surface area contributed by atoms with Gasteiger partial charge in [-0.2, -0.15) is 0 Å². The Morgan fingerprint density at radius 1 is 0.970 bits per heavy atom. The third kappa shape index (κ3) is 5.60. The van der Waals surface area contributed by atoms with Crippen LogP contribution in [-0.2, 0) is 17.6 Å². The van der Waals surface area contributed by atoms with Crippen LogP contribution >= 0.6 is 22.6 Å². The first-order chi connectivity index (χ1) is 15.9. The van der Waals surface area contributed by atoms with E-state index in [1.807, 2.05) is 18.5 Å². The minimum absolute atomic E-state index is 0.120. The summed E-state index contributed by atoms with van der Waals surface area (Å²) in [5.41, 5.74) is 3.74. The summed E-state index contributed by atoms with van der Waals surface area (Å²) in [4.78, 5) is 18.7. The number of phenols is 2. The number of phenolic OH excluding ortho intramolecular Hbond substituents is 2. The molecule has 33 heavy (non-hydrogen) atoms. The Hall–Kier alpha value is -2.76. The summed E-state index contributed by atoms with van der Waals surface area (Å²) >= 11 is 2.15. The van der Waals surface area contributed by atoms with Crippen molar-refractivity contribution in [3.8, 4) is 11.5 Å². The fraction of sp³-hybridized carbons (Fsp3) is 0.292. The van der Waals surface area contributed by atoms with E-state index in [9.17, 15) is 20.1 Å². The second-order valence-corrected chi connectivity index (χ2v) is 9.13. The number of nitrogens with one attached hydrogen (secondary N) is 4. The predicted molar refractivity (Wildman–Crippen MR) is 137 cm³/mol. The number of alkyl halides is 1. The molecule has 8 nitrogen and oxygen atoms in total. The van der Waals surface area contributed by atoms with Gasteiger partial charge in [0.15, 0.2) is 0 Å². The van der Waals surface area contributed by atoms with E-state index in [0.717, 1.165) is 32.9 Å². The molecule has 0 fully saturated rings. The van der Waals surface area contributed by atoms with Gasteiger partial charge in [0, 0.05) is 51.6 Å². The van der Waals surface area contributed by atoms with E-state index in [2.05, 4.69) is 43.2 Å². The monoisotopic (exact) mass is 562 g/mol. The second-order valence-electron chi connectivity index (χ2n) is 8.05. The van der Waals surface area contributed by atoms with Crippen molar-refractivity contribution in [3.63, 3.8) is 0 Å². The zero-order chi connectivity index (χ0) is 23.4. The Labute approximate surface area is 204 Å². The van der Waals surface area contributed by atoms with E-state index in [-0.39, 0.29) is 17.4 Å². The summed E-state index contributed by atoms with van der Waals surface area (Å²) in [6, 6.07) is 9.73. The number of carbonyl (C=O) groups excluding carboxylic acids is 1. The number of halogens is 1. The first kappa shape index (κ1) is 23.4. The van der Waals surface area contributed by atoms with Crippen molar-refractivity contribution < 1.29 is 20.1 Å². The van der Waals surface area contributed by atoms with Gasteiger partial charge in [-0.25, -0.2) is 0 Å². The molecule has 174 valence electrons. The van der Waals surface area contributed by atoms with Crippen molar-refractivity contribution in [2.75, 3.05) is 11.0 Å². The van der Waals surface area contributed by atoms with Crippen LogP contribution in [0, 0.1) is 0 Å². The van der Waals surface area contributed by atoms with Gasteiger partial charge in [-0.1, -0.05) is 22.6 Å². The van der Waals surface area contributed by atoms with Crippen LogP contribution in [-0.4, -0.2) is 54.4 Å². The van der Waals surface area contributed by atoms with E-state index < -0.39 is 12.3 Å². The van der Waals surface area contributed by atoms with Crippen molar-refractivity contribution in [1.82, 2.24) is 20.6 Å². The number of aliphatic hydroxyl groups excluding tert-OH is 1. The summed E-state index contributed by atoms with van der Waals surface area (Å²) in [5, 5.41) is 38.4. The molecular formula is C24H27IN4O4. The van der Waals surface area contributed by atoms with Crippen molar-refractivity contribution in [3.05, 3.63) is 59.9 Å². The molecule has 2 aromatic heterocycles. The second kappa shape index (κ2) is 10.4. The molecule has 9 heteroatoms. The third-order valence-corrected chi connectivity index (χ3v) is 6.28. The van der Waals surface area contributed by atoms with Crippen LogP contribution in [0.15, 0.2) is 48.8 Å². The fourth-order valence-electron chi connectivity index (χ4n) is 4.05. The number of rotatable bonds is 10. The zero-order valence-electron chi connectivity index (χ0n) is 17.9. The maximum absolute atomic E-state index is 12.3. The lowest BCUT2D eigenvalue weighted by molar-refractivity contribution is -0.122. The van der Waals surface area contributed by atoms with Gasteiger partial charge in [0.05, 0.1) is 6.04 Å². The van der Waals surface area contributed by atoms with Gasteiger partial charge in [0.25, 0.3) is 0 Å². The van der Waals surface area contributed by atoms with Gasteiger partial charge < -0.3 is 30.6 Å². The number of aliphatic hydroxyl groups is 1. The normalized spacial score (nSPS) is 13.4. The number of amides is 1. The minimum atomic E-state index is -0.968. The van der Waals surface area contributed by atoms with E-state index in [1.54, 1.807) is 30.3 Å². The van der Waals surface area contributed by atoms with Gasteiger partial charge in [0.2, 0.25) is 5.91 Å². The first-order valence-electron chi connectivity index (χ1n) is 10.8. The summed E-state index contributed by atoms with van der Waals surface area (Å²) in [6.07, 6.45) is 4.17. The standard InChI is InChI=1S/C24H27IN4O4/c25-7-5-23(32)29-22(9-15-13-28-21-4-2-17(31)11-19(15)21)24(33)26-8-6-14-12-27-20-3-1-16(30)10-18(14)20/h1-4,10-13,22,24,26-28,30-31,33H,5-9H2,(H,29,32). The largest absolute Gasteiger partial charge is 0.508 e. The topological polar surface area (TPSA) is 133 Å². The molecule has 2 unspecified atom stereocenters. The molecule has 2 heterocycles. The summed E-state index contributed by atoms with van der Waals surface area (Å²) < 4.78 is 0.689. The number of hydrogen-bond donors (Lipinski definition) is 7. The summed E-state index contributed by atoms with van der Waals surface area (Å²) in [7, 11) is 0. The van der Waals surface area contributed by atoms with Crippen LogP contribution in [0.3, 0.4) is 0 Å². The van der Waals surface area contributed by atoms with Gasteiger partial charge in [-0.15, -0.1) is 0 Å². The van der Waals surface area contributed by atoms with Crippen molar-refractivity contribution in [2.45, 2.75) is 31.5 Å². The molecule has 7 N–H and O–H groups in total. The average Bonchev–Trinajstić information content (AvgIpc) is 3.37. The third-order valence-electron chi connectivity index (χ3n) is 5.74. The Bertz CT molecular complexity index is 1250. The number of aromatic amines is 2. The Balaban J connectivity index is 1.45. The molecule has 0 saturated heterocycles. The molecule has 2 aromatic carbocycles. The fourth-order valence-corrected chi connectivity index (χ4v) is 4.54. The number of benzene rings is 2. The summed E-state index contributed by atoms with van der Waals surface area (Å²) in [5.74, 6) is 0.251. The minimum Gasteiger partial charge on any atom is -0.508 e. The van der Waals surface area contributed by atoms with Gasteiger partial charge in [0.1, 0.15) is 17.7 Å². The molecule has 0 radical (unpaired) electrons. The molecule has 0 aliphatic heterocycles. The lowest BCUT2D eigenvalue weighted by atomic mass is 10.0. The molecule has 0 saturated carbocycles. The zero-order valence-corrected chi connectivity index (χ0v) is 20.1. The Kier molecular flexibility index (Phi) is 7.41. The highest BCUT2D eigenvalue weighted by atomic mass is 127. The highest BCUT2D eigenvalue weighted by molar-refractivity contribution is 14.1. The lowest BCUT2D eigenvalue weighted by Crippen LogP contribution is -2.51. The van der Waals surface area contributed by atoms with Crippen LogP contribution < -0.4 is 10.6 Å². The quantitative estimate of drug-likeness (QED) is 0.0907. The molecule has 4 aromatic rings.